The lowest BCUT2D eigenvalue weighted by molar-refractivity contribution is 0.102. The average Bonchev–Trinajstić information content (AvgIpc) is 2.76. The number of nitrogens with one attached hydrogen (secondary N) is 1. The summed E-state index contributed by atoms with van der Waals surface area (Å²) in [5.74, 6) is -0.286. The Bertz CT molecular complexity index is 993. The lowest BCUT2D eigenvalue weighted by Crippen LogP contribution is -2.17. The zero-order valence-corrected chi connectivity index (χ0v) is 19.0. The van der Waals surface area contributed by atoms with Crippen LogP contribution in [-0.2, 0) is 4.52 Å². The van der Waals surface area contributed by atoms with E-state index in [-0.39, 0.29) is 17.4 Å². The number of benzene rings is 2. The summed E-state index contributed by atoms with van der Waals surface area (Å²) in [6.45, 7) is 4.15. The fourth-order valence-corrected chi connectivity index (χ4v) is 5.58. The minimum atomic E-state index is -0.396. The van der Waals surface area contributed by atoms with Crippen LogP contribution < -0.4 is 11.1 Å². The highest BCUT2D eigenvalue weighted by Gasteiger charge is 2.15. The molecule has 0 bridgehead atoms. The number of aryl methyl sites for hydroxylation is 1. The lowest BCUT2D eigenvalue weighted by atomic mass is 10.1. The summed E-state index contributed by atoms with van der Waals surface area (Å²) >= 11 is 1.75. The van der Waals surface area contributed by atoms with Crippen LogP contribution in [0.15, 0.2) is 59.6 Å². The highest BCUT2D eigenvalue weighted by molar-refractivity contribution is 8.04. The van der Waals surface area contributed by atoms with Gasteiger partial charge in [0.2, 0.25) is 0 Å². The van der Waals surface area contributed by atoms with Crippen LogP contribution in [-0.4, -0.2) is 34.6 Å². The standard InChI is InChI=1S/C22H25N4O2PS/c1-4-29(28-3)14-30-18-11-9-17(10-12-18)25-22(27)20-21(23)24-13-19(26-20)16-7-5-15(2)6-8-16/h5-13H,4,14H2,1-3H3,(H2,23,24)(H,25,27). The number of thioether (sulfide) groups is 1. The smallest absolute Gasteiger partial charge is 0.278 e. The van der Waals surface area contributed by atoms with Crippen molar-refractivity contribution in [1.82, 2.24) is 9.97 Å². The maximum Gasteiger partial charge on any atom is 0.278 e. The number of nitrogens with zero attached hydrogens (tertiary/aromatic N) is 2. The molecule has 3 N–H and O–H groups in total. The van der Waals surface area contributed by atoms with Crippen LogP contribution in [0.2, 0.25) is 0 Å². The molecular formula is C22H25N4O2PS. The molecule has 0 aliphatic carbocycles. The number of rotatable bonds is 8. The van der Waals surface area contributed by atoms with E-state index >= 15 is 0 Å². The fraction of sp³-hybridized carbons (Fsp3) is 0.227. The van der Waals surface area contributed by atoms with Crippen molar-refractivity contribution in [3.63, 3.8) is 0 Å². The Labute approximate surface area is 182 Å². The highest BCUT2D eigenvalue weighted by Crippen LogP contribution is 2.41. The predicted molar refractivity (Wildman–Crippen MR) is 126 cm³/mol. The third-order valence-corrected chi connectivity index (χ3v) is 7.96. The van der Waals surface area contributed by atoms with Crippen LogP contribution in [0.5, 0.6) is 0 Å². The molecule has 30 heavy (non-hydrogen) atoms. The normalized spacial score (nSPS) is 11.8. The first-order valence-electron chi connectivity index (χ1n) is 9.53. The lowest BCUT2D eigenvalue weighted by Gasteiger charge is -2.12. The largest absolute Gasteiger partial charge is 0.382 e. The van der Waals surface area contributed by atoms with E-state index in [9.17, 15) is 4.79 Å². The van der Waals surface area contributed by atoms with Crippen LogP contribution in [0.3, 0.4) is 0 Å². The summed E-state index contributed by atoms with van der Waals surface area (Å²) in [4.78, 5) is 22.5. The van der Waals surface area contributed by atoms with Crippen LogP contribution in [0.25, 0.3) is 11.3 Å². The number of hydrogen-bond donors (Lipinski definition) is 2. The van der Waals surface area contributed by atoms with Gasteiger partial charge in [-0.1, -0.05) is 36.8 Å². The van der Waals surface area contributed by atoms with Crippen LogP contribution in [0.4, 0.5) is 11.5 Å². The summed E-state index contributed by atoms with van der Waals surface area (Å²) < 4.78 is 5.47. The molecule has 1 unspecified atom stereocenters. The molecule has 6 nitrogen and oxygen atoms in total. The molecule has 2 aromatic carbocycles. The summed E-state index contributed by atoms with van der Waals surface area (Å²) in [5.41, 5.74) is 10.3. The van der Waals surface area contributed by atoms with E-state index in [1.54, 1.807) is 25.1 Å². The number of carbonyl (C=O) groups is 1. The minimum absolute atomic E-state index is 0.100. The predicted octanol–water partition coefficient (Wildman–Crippen LogP) is 5.40. The Hall–Kier alpha value is -2.47. The molecule has 0 spiro atoms. The van der Waals surface area contributed by atoms with E-state index < -0.39 is 8.15 Å². The van der Waals surface area contributed by atoms with E-state index in [1.807, 2.05) is 55.5 Å². The number of anilines is 2. The number of hydrogen-bond acceptors (Lipinski definition) is 6. The minimum Gasteiger partial charge on any atom is -0.382 e. The first-order chi connectivity index (χ1) is 14.5. The number of amides is 1. The van der Waals surface area contributed by atoms with Crippen LogP contribution in [0.1, 0.15) is 23.0 Å². The van der Waals surface area contributed by atoms with Gasteiger partial charge in [-0.15, -0.1) is 11.8 Å². The van der Waals surface area contributed by atoms with Crippen molar-refractivity contribution in [3.8, 4) is 11.3 Å². The highest BCUT2D eigenvalue weighted by atomic mass is 32.2. The van der Waals surface area contributed by atoms with Crippen LogP contribution >= 0.6 is 19.9 Å². The van der Waals surface area contributed by atoms with Gasteiger partial charge in [0, 0.05) is 36.9 Å². The van der Waals surface area contributed by atoms with Gasteiger partial charge in [0.05, 0.1) is 11.9 Å². The zero-order chi connectivity index (χ0) is 21.5. The number of nitrogen functional groups attached to an aromatic ring is 1. The number of aromatic nitrogens is 2. The van der Waals surface area contributed by atoms with E-state index in [0.717, 1.165) is 27.7 Å². The second kappa shape index (κ2) is 10.5. The molecule has 1 atom stereocenters. The Kier molecular flexibility index (Phi) is 7.80. The topological polar surface area (TPSA) is 90.1 Å². The van der Waals surface area contributed by atoms with Crippen LogP contribution in [0, 0.1) is 6.92 Å². The number of nitrogens with two attached hydrogens (primary N) is 1. The van der Waals surface area contributed by atoms with Gasteiger partial charge in [-0.25, -0.2) is 9.97 Å². The molecule has 0 aliphatic rings. The van der Waals surface area contributed by atoms with E-state index in [0.29, 0.717) is 11.4 Å². The van der Waals surface area contributed by atoms with E-state index in [2.05, 4.69) is 22.2 Å². The second-order valence-corrected chi connectivity index (χ2v) is 10.3. The zero-order valence-electron chi connectivity index (χ0n) is 17.3. The quantitative estimate of drug-likeness (QED) is 0.360. The summed E-state index contributed by atoms with van der Waals surface area (Å²) in [7, 11) is 1.37. The molecule has 0 fully saturated rings. The van der Waals surface area contributed by atoms with E-state index in [4.69, 9.17) is 10.3 Å². The molecule has 0 saturated carbocycles. The summed E-state index contributed by atoms with van der Waals surface area (Å²) in [6.07, 6.45) is 2.62. The van der Waals surface area contributed by atoms with Gasteiger partial charge in [-0.2, -0.15) is 0 Å². The average molecular weight is 441 g/mol. The van der Waals surface area contributed by atoms with Gasteiger partial charge in [0.1, 0.15) is 0 Å². The number of carbonyl (C=O) groups excluding carboxylic acids is 1. The molecule has 1 aromatic heterocycles. The molecule has 156 valence electrons. The third-order valence-electron chi connectivity index (χ3n) is 4.46. The van der Waals surface area contributed by atoms with Crippen molar-refractivity contribution in [2.24, 2.45) is 0 Å². The van der Waals surface area contributed by atoms with Gasteiger partial charge in [0.15, 0.2) is 11.5 Å². The maximum absolute atomic E-state index is 12.7. The molecule has 0 aliphatic heterocycles. The third kappa shape index (κ3) is 5.79. The Morgan fingerprint density at radius 1 is 1.17 bits per heavy atom. The maximum atomic E-state index is 12.7. The van der Waals surface area contributed by atoms with Crippen molar-refractivity contribution >= 4 is 37.3 Å². The first-order valence-corrected chi connectivity index (χ1v) is 12.1. The molecular weight excluding hydrogens is 415 g/mol. The van der Waals surface area contributed by atoms with Crippen molar-refractivity contribution in [2.75, 3.05) is 29.8 Å². The van der Waals surface area contributed by atoms with Gasteiger partial charge in [0.25, 0.3) is 5.91 Å². The first kappa shape index (κ1) is 22.2. The summed E-state index contributed by atoms with van der Waals surface area (Å²) in [6, 6.07) is 15.6. The Morgan fingerprint density at radius 2 is 1.87 bits per heavy atom. The monoisotopic (exact) mass is 440 g/mol. The van der Waals surface area contributed by atoms with Gasteiger partial charge in [-0.3, -0.25) is 4.79 Å². The summed E-state index contributed by atoms with van der Waals surface area (Å²) in [5, 5.41) is 2.85. The molecule has 0 saturated heterocycles. The molecule has 1 heterocycles. The van der Waals surface area contributed by atoms with Crippen molar-refractivity contribution in [1.29, 1.82) is 0 Å². The van der Waals surface area contributed by atoms with Crippen molar-refractivity contribution in [3.05, 3.63) is 66.0 Å². The fourth-order valence-electron chi connectivity index (χ4n) is 2.67. The van der Waals surface area contributed by atoms with Gasteiger partial charge >= 0.3 is 0 Å². The molecule has 3 rings (SSSR count). The SMILES string of the molecule is CCP(CSc1ccc(NC(=O)c2nc(-c3ccc(C)cc3)cnc2N)cc1)OC. The van der Waals surface area contributed by atoms with Gasteiger partial charge in [-0.05, 0) is 37.4 Å². The van der Waals surface area contributed by atoms with E-state index in [1.165, 1.54) is 0 Å². The van der Waals surface area contributed by atoms with Crippen molar-refractivity contribution in [2.45, 2.75) is 18.7 Å². The molecule has 0 radical (unpaired) electrons. The molecule has 3 aromatic rings. The Balaban J connectivity index is 1.69. The van der Waals surface area contributed by atoms with Gasteiger partial charge < -0.3 is 15.6 Å². The van der Waals surface area contributed by atoms with Crippen molar-refractivity contribution < 1.29 is 9.32 Å². The second-order valence-electron chi connectivity index (χ2n) is 6.59. The Morgan fingerprint density at radius 3 is 2.50 bits per heavy atom. The molecule has 8 heteroatoms. The molecule has 1 amide bonds.